The number of amides is 1. The quantitative estimate of drug-likeness (QED) is 0.525. The summed E-state index contributed by atoms with van der Waals surface area (Å²) in [4.78, 5) is 19.1. The Morgan fingerprint density at radius 3 is 2.65 bits per heavy atom. The summed E-state index contributed by atoms with van der Waals surface area (Å²) in [6.07, 6.45) is -1.03. The minimum atomic E-state index is -3.99. The second-order valence-corrected chi connectivity index (χ2v) is 9.19. The number of hydrogen-bond donors (Lipinski definition) is 1. The van der Waals surface area contributed by atoms with Gasteiger partial charge in [-0.2, -0.15) is 4.80 Å². The van der Waals surface area contributed by atoms with Gasteiger partial charge in [-0.25, -0.2) is 32.2 Å². The first-order chi connectivity index (χ1) is 16.2. The van der Waals surface area contributed by atoms with Crippen molar-refractivity contribution in [3.63, 3.8) is 0 Å². The largest absolute Gasteiger partial charge is 0.486 e. The molecule has 4 fully saturated rings. The average Bonchev–Trinajstić information content (AvgIpc) is 3.47. The maximum absolute atomic E-state index is 15.1. The molecule has 2 atom stereocenters. The smallest absolute Gasteiger partial charge is 0.405 e. The molecule has 1 amide bonds. The number of ether oxygens (including phenoxy) is 1. The topological polar surface area (TPSA) is 151 Å². The molecule has 34 heavy (non-hydrogen) atoms. The van der Waals surface area contributed by atoms with E-state index in [1.807, 2.05) is 6.92 Å². The molecule has 0 aliphatic carbocycles. The molecule has 1 spiro atoms. The van der Waals surface area contributed by atoms with Crippen LogP contribution in [-0.2, 0) is 29.4 Å². The van der Waals surface area contributed by atoms with E-state index in [9.17, 15) is 14.5 Å². The molecule has 13 nitrogen and oxygen atoms in total. The first-order valence-corrected chi connectivity index (χ1v) is 11.6. The molecule has 3 aromatic rings. The number of rotatable bonds is 5. The Kier molecular flexibility index (Phi) is 4.29. The summed E-state index contributed by atoms with van der Waals surface area (Å²) in [7, 11) is -3.99. The molecule has 0 unspecified atom stereocenters. The van der Waals surface area contributed by atoms with E-state index in [1.54, 1.807) is 12.1 Å². The van der Waals surface area contributed by atoms with Gasteiger partial charge < -0.3 is 9.84 Å². The fraction of sp³-hybridized carbons (Fsp3) is 0.316. The predicted octanol–water partition coefficient (Wildman–Crippen LogP) is 2.43. The van der Waals surface area contributed by atoms with Crippen LogP contribution in [0.1, 0.15) is 13.8 Å². The fourth-order valence-electron chi connectivity index (χ4n) is 4.06. The molecule has 4 saturated heterocycles. The van der Waals surface area contributed by atoms with Crippen molar-refractivity contribution >= 4 is 19.6 Å². The standard InChI is InChI=1S/C19H16FN6O7P/c1-3-25-23-16(22-24-25)15-7-4-11(9-21-15)13-6-5-12(8-14(13)20)26-17(28)30-18(10(2)27)19(26)32-34(29,31-18)33-19/h4-10,27H,3H2,1-2H3/t10-,18-,19?,34?/m0/s1. The zero-order chi connectivity index (χ0) is 23.9. The highest BCUT2D eigenvalue weighted by Gasteiger charge is 2.90. The lowest BCUT2D eigenvalue weighted by atomic mass is 10.0. The number of carbonyl (C=O) groups is 1. The van der Waals surface area contributed by atoms with Crippen molar-refractivity contribution in [3.05, 3.63) is 42.3 Å². The van der Waals surface area contributed by atoms with Gasteiger partial charge in [0.05, 0.1) is 12.2 Å². The molecule has 1 aromatic carbocycles. The highest BCUT2D eigenvalue weighted by atomic mass is 31.2. The summed E-state index contributed by atoms with van der Waals surface area (Å²) in [6.45, 7) is 3.70. The summed E-state index contributed by atoms with van der Waals surface area (Å²) >= 11 is 0. The summed E-state index contributed by atoms with van der Waals surface area (Å²) in [6, 6.07) is 7.18. The Labute approximate surface area is 190 Å². The third-order valence-corrected chi connectivity index (χ3v) is 7.11. The van der Waals surface area contributed by atoms with Crippen molar-refractivity contribution in [2.45, 2.75) is 38.2 Å². The average molecular weight is 490 g/mol. The summed E-state index contributed by atoms with van der Waals surface area (Å²) < 4.78 is 48.2. The molecule has 6 heterocycles. The van der Waals surface area contributed by atoms with E-state index in [0.29, 0.717) is 23.6 Å². The van der Waals surface area contributed by atoms with Crippen LogP contribution >= 0.6 is 7.82 Å². The number of halogens is 1. The normalized spacial score (nSPS) is 30.1. The first kappa shape index (κ1) is 21.3. The van der Waals surface area contributed by atoms with Gasteiger partial charge in [0.15, 0.2) is 0 Å². The molecule has 15 heteroatoms. The van der Waals surface area contributed by atoms with Crippen molar-refractivity contribution < 1.29 is 37.2 Å². The number of anilines is 1. The van der Waals surface area contributed by atoms with E-state index in [2.05, 4.69) is 20.4 Å². The number of aryl methyl sites for hydroxylation is 1. The van der Waals surface area contributed by atoms with Gasteiger partial charge in [0.25, 0.3) is 0 Å². The number of tetrazole rings is 1. The maximum atomic E-state index is 15.1. The van der Waals surface area contributed by atoms with Crippen LogP contribution in [0.5, 0.6) is 0 Å². The lowest BCUT2D eigenvalue weighted by molar-refractivity contribution is -0.278. The van der Waals surface area contributed by atoms with E-state index >= 15 is 4.39 Å². The highest BCUT2D eigenvalue weighted by molar-refractivity contribution is 7.50. The van der Waals surface area contributed by atoms with E-state index < -0.39 is 37.5 Å². The van der Waals surface area contributed by atoms with Crippen LogP contribution in [0.15, 0.2) is 36.5 Å². The zero-order valence-electron chi connectivity index (χ0n) is 17.7. The number of nitrogens with zero attached hydrogens (tertiary/aromatic N) is 6. The Balaban J connectivity index is 1.32. The molecule has 1 N–H and O–H groups in total. The Hall–Kier alpha value is -3.29. The summed E-state index contributed by atoms with van der Waals surface area (Å²) in [5, 5.41) is 22.1. The number of phosphoric ester groups is 1. The number of phosphoric acid groups is 1. The summed E-state index contributed by atoms with van der Waals surface area (Å²) in [5.41, 5.74) is 1.11. The number of aliphatic hydroxyl groups excluding tert-OH is 1. The number of pyridine rings is 1. The van der Waals surface area contributed by atoms with E-state index in [-0.39, 0.29) is 11.3 Å². The van der Waals surface area contributed by atoms with Crippen LogP contribution in [0, 0.1) is 5.82 Å². The van der Waals surface area contributed by atoms with Crippen LogP contribution < -0.4 is 4.90 Å². The van der Waals surface area contributed by atoms with Crippen molar-refractivity contribution in [3.8, 4) is 22.6 Å². The number of carbonyl (C=O) groups excluding carboxylic acids is 1. The minimum absolute atomic E-state index is 0.0181. The number of aromatic nitrogens is 5. The van der Waals surface area contributed by atoms with E-state index in [0.717, 1.165) is 11.0 Å². The van der Waals surface area contributed by atoms with Crippen LogP contribution in [0.3, 0.4) is 0 Å². The lowest BCUT2D eigenvalue weighted by Gasteiger charge is -2.39. The van der Waals surface area contributed by atoms with Crippen molar-refractivity contribution in [1.29, 1.82) is 0 Å². The van der Waals surface area contributed by atoms with Gasteiger partial charge in [0.2, 0.25) is 5.82 Å². The van der Waals surface area contributed by atoms with Crippen LogP contribution in [-0.4, -0.2) is 54.2 Å². The van der Waals surface area contributed by atoms with Crippen molar-refractivity contribution in [2.75, 3.05) is 4.90 Å². The van der Waals surface area contributed by atoms with E-state index in [4.69, 9.17) is 18.3 Å². The Bertz CT molecular complexity index is 1370. The van der Waals surface area contributed by atoms with Gasteiger partial charge in [-0.15, -0.1) is 10.2 Å². The van der Waals surface area contributed by atoms with Crippen molar-refractivity contribution in [2.24, 2.45) is 0 Å². The second kappa shape index (κ2) is 6.87. The van der Waals surface area contributed by atoms with Crippen LogP contribution in [0.4, 0.5) is 14.9 Å². The highest BCUT2D eigenvalue weighted by Crippen LogP contribution is 2.81. The summed E-state index contributed by atoms with van der Waals surface area (Å²) in [5.74, 6) is -4.65. The molecule has 176 valence electrons. The Morgan fingerprint density at radius 2 is 2.03 bits per heavy atom. The van der Waals surface area contributed by atoms with Gasteiger partial charge in [-0.1, -0.05) is 6.07 Å². The molecular formula is C19H16FN6O7P. The van der Waals surface area contributed by atoms with Gasteiger partial charge >= 0.3 is 25.6 Å². The second-order valence-electron chi connectivity index (χ2n) is 7.75. The SMILES string of the molecule is CCn1nnc(-c2ccc(-c3ccc(N4C(=O)O[C@@]5([C@H](C)O)OP6(=O)OC45O6)cc3F)cn2)n1. The van der Waals surface area contributed by atoms with Crippen molar-refractivity contribution in [1.82, 2.24) is 25.2 Å². The third kappa shape index (κ3) is 2.68. The first-order valence-electron chi connectivity index (χ1n) is 10.2. The number of benzene rings is 1. The minimum Gasteiger partial charge on any atom is -0.405 e. The third-order valence-electron chi connectivity index (χ3n) is 5.67. The monoisotopic (exact) mass is 490 g/mol. The van der Waals surface area contributed by atoms with Gasteiger partial charge in [-0.3, -0.25) is 4.98 Å². The Morgan fingerprint density at radius 1 is 1.24 bits per heavy atom. The molecule has 0 saturated carbocycles. The number of aliphatic hydroxyl groups is 1. The molecule has 7 rings (SSSR count). The zero-order valence-corrected chi connectivity index (χ0v) is 18.5. The lowest BCUT2D eigenvalue weighted by Crippen LogP contribution is -2.63. The molecule has 4 aliphatic rings. The molecular weight excluding hydrogens is 474 g/mol. The van der Waals surface area contributed by atoms with Gasteiger partial charge in [0, 0.05) is 17.3 Å². The maximum Gasteiger partial charge on any atom is 0.486 e. The fourth-order valence-corrected chi connectivity index (χ4v) is 5.81. The molecule has 4 aliphatic heterocycles. The predicted molar refractivity (Wildman–Crippen MR) is 109 cm³/mol. The van der Waals surface area contributed by atoms with Crippen LogP contribution in [0.25, 0.3) is 22.6 Å². The molecule has 0 radical (unpaired) electrons. The van der Waals surface area contributed by atoms with Gasteiger partial charge in [-0.05, 0) is 43.3 Å². The van der Waals surface area contributed by atoms with Gasteiger partial charge in [0.1, 0.15) is 17.6 Å². The van der Waals surface area contributed by atoms with E-state index in [1.165, 1.54) is 30.0 Å². The van der Waals surface area contributed by atoms with Crippen LogP contribution in [0.2, 0.25) is 0 Å². The molecule has 2 aromatic heterocycles. The molecule has 2 bridgehead atoms. The number of hydrogen-bond acceptors (Lipinski definition) is 11.